The average molecular weight is 236 g/mol. The molecule has 0 aliphatic heterocycles. The topological polar surface area (TPSA) is 0 Å². The van der Waals surface area contributed by atoms with Crippen molar-refractivity contribution < 1.29 is 0 Å². The van der Waals surface area contributed by atoms with Gasteiger partial charge in [-0.1, -0.05) is 69.9 Å². The highest BCUT2D eigenvalue weighted by Crippen LogP contribution is 2.22. The van der Waals surface area contributed by atoms with Gasteiger partial charge in [0.1, 0.15) is 0 Å². The van der Waals surface area contributed by atoms with Crippen molar-refractivity contribution in [1.82, 2.24) is 0 Å². The molecule has 0 aromatic carbocycles. The molecule has 0 radical (unpaired) electrons. The zero-order valence-corrected chi connectivity index (χ0v) is 12.0. The Morgan fingerprint density at radius 1 is 0.824 bits per heavy atom. The molecule has 1 rings (SSSR count). The molecule has 0 aromatic heterocycles. The third kappa shape index (κ3) is 8.46. The first kappa shape index (κ1) is 14.8. The fourth-order valence-corrected chi connectivity index (χ4v) is 2.79. The highest BCUT2D eigenvalue weighted by molar-refractivity contribution is 5.04. The summed E-state index contributed by atoms with van der Waals surface area (Å²) in [6.45, 7) is 2.29. The Morgan fingerprint density at radius 2 is 1.47 bits per heavy atom. The second kappa shape index (κ2) is 10.9. The van der Waals surface area contributed by atoms with E-state index < -0.39 is 0 Å². The highest BCUT2D eigenvalue weighted by atomic mass is 14.1. The summed E-state index contributed by atoms with van der Waals surface area (Å²) in [5.74, 6) is 0. The monoisotopic (exact) mass is 236 g/mol. The van der Waals surface area contributed by atoms with Crippen LogP contribution in [0.1, 0.15) is 96.8 Å². The van der Waals surface area contributed by atoms with Gasteiger partial charge >= 0.3 is 0 Å². The van der Waals surface area contributed by atoms with Crippen LogP contribution < -0.4 is 0 Å². The largest absolute Gasteiger partial charge is 0.0853 e. The van der Waals surface area contributed by atoms with Crippen molar-refractivity contribution in [2.24, 2.45) is 0 Å². The lowest BCUT2D eigenvalue weighted by molar-refractivity contribution is 0.558. The van der Waals surface area contributed by atoms with Gasteiger partial charge in [-0.25, -0.2) is 0 Å². The van der Waals surface area contributed by atoms with Crippen LogP contribution in [-0.2, 0) is 0 Å². The predicted molar refractivity (Wildman–Crippen MR) is 78.4 cm³/mol. The second-order valence-corrected chi connectivity index (χ2v) is 5.69. The van der Waals surface area contributed by atoms with Crippen LogP contribution in [0, 0.1) is 0 Å². The molecule has 0 unspecified atom stereocenters. The summed E-state index contributed by atoms with van der Waals surface area (Å²) < 4.78 is 0. The van der Waals surface area contributed by atoms with Crippen LogP contribution in [0.3, 0.4) is 0 Å². The van der Waals surface area contributed by atoms with E-state index in [1.165, 1.54) is 89.9 Å². The van der Waals surface area contributed by atoms with Gasteiger partial charge in [-0.3, -0.25) is 0 Å². The lowest BCUT2D eigenvalue weighted by Crippen LogP contribution is -1.92. The van der Waals surface area contributed by atoms with Crippen molar-refractivity contribution in [1.29, 1.82) is 0 Å². The van der Waals surface area contributed by atoms with Crippen LogP contribution in [0.2, 0.25) is 0 Å². The van der Waals surface area contributed by atoms with E-state index >= 15 is 0 Å². The summed E-state index contributed by atoms with van der Waals surface area (Å²) in [4.78, 5) is 0. The molecule has 0 N–H and O–H groups in total. The van der Waals surface area contributed by atoms with Crippen molar-refractivity contribution >= 4 is 0 Å². The van der Waals surface area contributed by atoms with E-state index in [4.69, 9.17) is 0 Å². The Hall–Kier alpha value is -0.260. The summed E-state index contributed by atoms with van der Waals surface area (Å²) in [6, 6.07) is 0. The number of hydrogen-bond acceptors (Lipinski definition) is 0. The third-order valence-corrected chi connectivity index (χ3v) is 3.99. The van der Waals surface area contributed by atoms with Crippen molar-refractivity contribution in [3.63, 3.8) is 0 Å². The summed E-state index contributed by atoms with van der Waals surface area (Å²) >= 11 is 0. The predicted octanol–water partition coefficient (Wildman–Crippen LogP) is 6.41. The minimum Gasteiger partial charge on any atom is -0.0853 e. The Balaban J connectivity index is 1.79. The minimum absolute atomic E-state index is 1.35. The Morgan fingerprint density at radius 3 is 2.06 bits per heavy atom. The first-order chi connectivity index (χ1) is 8.43. The van der Waals surface area contributed by atoms with Gasteiger partial charge < -0.3 is 0 Å². The van der Waals surface area contributed by atoms with E-state index in [2.05, 4.69) is 13.0 Å². The second-order valence-electron chi connectivity index (χ2n) is 5.69. The molecule has 1 aliphatic rings. The first-order valence-corrected chi connectivity index (χ1v) is 8.11. The fraction of sp³-hybridized carbons (Fsp3) is 0.882. The molecule has 0 heterocycles. The Kier molecular flexibility index (Phi) is 9.46. The lowest BCUT2D eigenvalue weighted by Gasteiger charge is -2.12. The Labute approximate surface area is 109 Å². The molecular weight excluding hydrogens is 204 g/mol. The Bertz CT molecular complexity index is 190. The van der Waals surface area contributed by atoms with Gasteiger partial charge in [0.15, 0.2) is 0 Å². The first-order valence-electron chi connectivity index (χ1n) is 8.11. The van der Waals surface area contributed by atoms with Crippen molar-refractivity contribution in [3.05, 3.63) is 11.6 Å². The number of hydrogen-bond donors (Lipinski definition) is 0. The molecule has 0 saturated carbocycles. The summed E-state index contributed by atoms with van der Waals surface area (Å²) in [5, 5.41) is 0. The van der Waals surface area contributed by atoms with Crippen LogP contribution in [0.5, 0.6) is 0 Å². The quantitative estimate of drug-likeness (QED) is 0.304. The van der Waals surface area contributed by atoms with E-state index in [-0.39, 0.29) is 0 Å². The molecular formula is C17H32. The molecule has 1 aliphatic carbocycles. The van der Waals surface area contributed by atoms with E-state index in [0.717, 1.165) is 0 Å². The van der Waals surface area contributed by atoms with Gasteiger partial charge in [0, 0.05) is 0 Å². The fourth-order valence-electron chi connectivity index (χ4n) is 2.79. The highest BCUT2D eigenvalue weighted by Gasteiger charge is 2.02. The van der Waals surface area contributed by atoms with Gasteiger partial charge in [0.25, 0.3) is 0 Å². The van der Waals surface area contributed by atoms with Gasteiger partial charge in [0.05, 0.1) is 0 Å². The molecule has 0 saturated heterocycles. The maximum Gasteiger partial charge on any atom is -0.0320 e. The SMILES string of the molecule is CCCCCCCCCCCC1=CCCCC1. The van der Waals surface area contributed by atoms with Gasteiger partial charge in [-0.15, -0.1) is 0 Å². The molecule has 0 nitrogen and oxygen atoms in total. The average Bonchev–Trinajstić information content (AvgIpc) is 2.38. The maximum absolute atomic E-state index is 2.51. The molecule has 0 aromatic rings. The summed E-state index contributed by atoms with van der Waals surface area (Å²) in [5.41, 5.74) is 1.76. The van der Waals surface area contributed by atoms with Crippen LogP contribution >= 0.6 is 0 Å². The molecule has 0 atom stereocenters. The maximum atomic E-state index is 2.51. The zero-order valence-electron chi connectivity index (χ0n) is 12.0. The van der Waals surface area contributed by atoms with Gasteiger partial charge in [-0.2, -0.15) is 0 Å². The molecule has 0 spiro atoms. The van der Waals surface area contributed by atoms with E-state index in [9.17, 15) is 0 Å². The van der Waals surface area contributed by atoms with Crippen molar-refractivity contribution in [3.8, 4) is 0 Å². The normalized spacial score (nSPS) is 15.9. The van der Waals surface area contributed by atoms with Gasteiger partial charge in [0.2, 0.25) is 0 Å². The molecule has 0 heteroatoms. The molecule has 17 heavy (non-hydrogen) atoms. The molecule has 0 fully saturated rings. The molecule has 0 amide bonds. The van der Waals surface area contributed by atoms with E-state index in [1.54, 1.807) is 5.57 Å². The smallest absolute Gasteiger partial charge is 0.0320 e. The van der Waals surface area contributed by atoms with Crippen molar-refractivity contribution in [2.75, 3.05) is 0 Å². The number of rotatable bonds is 10. The minimum atomic E-state index is 1.35. The zero-order chi connectivity index (χ0) is 12.2. The molecule has 0 bridgehead atoms. The van der Waals surface area contributed by atoms with Crippen molar-refractivity contribution in [2.45, 2.75) is 96.8 Å². The summed E-state index contributed by atoms with van der Waals surface area (Å²) in [7, 11) is 0. The van der Waals surface area contributed by atoms with E-state index in [1.807, 2.05) is 0 Å². The number of unbranched alkanes of at least 4 members (excludes halogenated alkanes) is 8. The standard InChI is InChI=1S/C17H32/c1-2-3-4-5-6-7-8-9-11-14-17-15-12-10-13-16-17/h15H,2-14,16H2,1H3. The molecule has 100 valence electrons. The van der Waals surface area contributed by atoms with E-state index in [0.29, 0.717) is 0 Å². The summed E-state index contributed by atoms with van der Waals surface area (Å²) in [6.07, 6.45) is 22.6. The van der Waals surface area contributed by atoms with Crippen LogP contribution in [0.15, 0.2) is 11.6 Å². The van der Waals surface area contributed by atoms with Crippen LogP contribution in [-0.4, -0.2) is 0 Å². The van der Waals surface area contributed by atoms with Crippen LogP contribution in [0.25, 0.3) is 0 Å². The number of allylic oxidation sites excluding steroid dienone is 2. The third-order valence-electron chi connectivity index (χ3n) is 3.99. The van der Waals surface area contributed by atoms with Gasteiger partial charge in [-0.05, 0) is 38.5 Å². The lowest BCUT2D eigenvalue weighted by atomic mass is 9.95. The van der Waals surface area contributed by atoms with Crippen LogP contribution in [0.4, 0.5) is 0 Å².